The number of hydrogen-bond acceptors (Lipinski definition) is 1. The third kappa shape index (κ3) is 1.54. The Balaban J connectivity index is 1.95. The third-order valence-corrected chi connectivity index (χ3v) is 4.85. The minimum atomic E-state index is 0.386. The Hall–Kier alpha value is -1.76. The van der Waals surface area contributed by atoms with E-state index >= 15 is 0 Å². The zero-order valence-corrected chi connectivity index (χ0v) is 11.2. The van der Waals surface area contributed by atoms with Crippen LogP contribution in [0.1, 0.15) is 41.5 Å². The Morgan fingerprint density at radius 2 is 1.79 bits per heavy atom. The van der Waals surface area contributed by atoms with Crippen molar-refractivity contribution in [1.82, 2.24) is 0 Å². The molecule has 1 atom stereocenters. The average molecular weight is 250 g/mol. The highest BCUT2D eigenvalue weighted by Crippen LogP contribution is 2.43. The minimum absolute atomic E-state index is 0.386. The molecule has 96 valence electrons. The van der Waals surface area contributed by atoms with Gasteiger partial charge in [-0.1, -0.05) is 25.1 Å². The Labute approximate surface area is 113 Å². The zero-order chi connectivity index (χ0) is 13.0. The lowest BCUT2D eigenvalue weighted by molar-refractivity contribution is 0.474. The van der Waals surface area contributed by atoms with E-state index < -0.39 is 0 Å². The fraction of sp³-hybridized carbons (Fsp3) is 0.333. The van der Waals surface area contributed by atoms with Crippen LogP contribution in [0.15, 0.2) is 30.3 Å². The van der Waals surface area contributed by atoms with Gasteiger partial charge in [-0.2, -0.15) is 0 Å². The predicted octanol–water partition coefficient (Wildman–Crippen LogP) is 4.21. The first-order valence-electron chi connectivity index (χ1n) is 7.21. The number of fused-ring (bicyclic) bond motifs is 5. The van der Waals surface area contributed by atoms with Crippen LogP contribution in [0, 0.1) is 0 Å². The Morgan fingerprint density at radius 1 is 0.947 bits per heavy atom. The van der Waals surface area contributed by atoms with Crippen molar-refractivity contribution in [2.24, 2.45) is 0 Å². The van der Waals surface area contributed by atoms with Crippen molar-refractivity contribution in [1.29, 1.82) is 0 Å². The topological polar surface area (TPSA) is 20.2 Å². The Morgan fingerprint density at radius 3 is 2.68 bits per heavy atom. The zero-order valence-electron chi connectivity index (χ0n) is 11.2. The molecule has 0 saturated carbocycles. The van der Waals surface area contributed by atoms with Gasteiger partial charge in [0, 0.05) is 0 Å². The summed E-state index contributed by atoms with van der Waals surface area (Å²) in [6, 6.07) is 10.4. The number of benzene rings is 2. The fourth-order valence-corrected chi connectivity index (χ4v) is 3.83. The summed E-state index contributed by atoms with van der Waals surface area (Å²) in [5.74, 6) is 1.11. The number of hydrogen-bond donors (Lipinski definition) is 1. The molecule has 0 spiro atoms. The molecule has 0 amide bonds. The summed E-state index contributed by atoms with van der Waals surface area (Å²) in [6.07, 6.45) is 4.73. The first-order chi connectivity index (χ1) is 9.24. The molecule has 0 aliphatic heterocycles. The maximum absolute atomic E-state index is 9.63. The van der Waals surface area contributed by atoms with Gasteiger partial charge in [0.2, 0.25) is 0 Å². The average Bonchev–Trinajstić information content (AvgIpc) is 2.80. The molecule has 2 aliphatic carbocycles. The monoisotopic (exact) mass is 250 g/mol. The van der Waals surface area contributed by atoms with E-state index in [0.29, 0.717) is 5.75 Å². The van der Waals surface area contributed by atoms with Gasteiger partial charge >= 0.3 is 0 Å². The summed E-state index contributed by atoms with van der Waals surface area (Å²) < 4.78 is 0. The van der Waals surface area contributed by atoms with E-state index in [2.05, 4.69) is 25.1 Å². The smallest absolute Gasteiger partial charge is 0.115 e. The van der Waals surface area contributed by atoms with Crippen LogP contribution in [0.2, 0.25) is 0 Å². The van der Waals surface area contributed by atoms with E-state index in [-0.39, 0.29) is 0 Å². The molecule has 2 aromatic rings. The Kier molecular flexibility index (Phi) is 2.26. The van der Waals surface area contributed by atoms with Gasteiger partial charge in [0.1, 0.15) is 5.75 Å². The van der Waals surface area contributed by atoms with Crippen LogP contribution in [0.25, 0.3) is 11.1 Å². The summed E-state index contributed by atoms with van der Waals surface area (Å²) in [4.78, 5) is 0. The maximum Gasteiger partial charge on any atom is 0.115 e. The molecule has 4 rings (SSSR count). The molecule has 1 heteroatoms. The summed E-state index contributed by atoms with van der Waals surface area (Å²) in [5.41, 5.74) is 8.76. The van der Waals surface area contributed by atoms with E-state index in [0.717, 1.165) is 18.8 Å². The SMILES string of the molecule is CC1CCc2c1ccc1c2CCc2cc(O)ccc2-1. The fourth-order valence-electron chi connectivity index (χ4n) is 3.83. The number of aromatic hydroxyl groups is 1. The maximum atomic E-state index is 9.63. The van der Waals surface area contributed by atoms with Crippen molar-refractivity contribution in [3.63, 3.8) is 0 Å². The van der Waals surface area contributed by atoms with Gasteiger partial charge in [-0.3, -0.25) is 0 Å². The molecule has 0 aromatic heterocycles. The molecule has 1 unspecified atom stereocenters. The van der Waals surface area contributed by atoms with Crippen LogP contribution in [0.5, 0.6) is 5.75 Å². The molecule has 2 aromatic carbocycles. The van der Waals surface area contributed by atoms with Crippen LogP contribution in [-0.2, 0) is 19.3 Å². The van der Waals surface area contributed by atoms with E-state index in [1.807, 2.05) is 12.1 Å². The van der Waals surface area contributed by atoms with Gasteiger partial charge in [-0.25, -0.2) is 0 Å². The molecule has 1 nitrogen and oxygen atoms in total. The molecular formula is C18H18O. The van der Waals surface area contributed by atoms with Gasteiger partial charge in [0.25, 0.3) is 0 Å². The quantitative estimate of drug-likeness (QED) is 0.742. The highest BCUT2D eigenvalue weighted by atomic mass is 16.3. The first-order valence-corrected chi connectivity index (χ1v) is 7.21. The minimum Gasteiger partial charge on any atom is -0.508 e. The normalized spacial score (nSPS) is 19.7. The lowest BCUT2D eigenvalue weighted by Gasteiger charge is -2.23. The molecule has 2 aliphatic rings. The molecule has 19 heavy (non-hydrogen) atoms. The summed E-state index contributed by atoms with van der Waals surface area (Å²) in [7, 11) is 0. The molecular weight excluding hydrogens is 232 g/mol. The second-order valence-corrected chi connectivity index (χ2v) is 5.94. The highest BCUT2D eigenvalue weighted by Gasteiger charge is 2.26. The predicted molar refractivity (Wildman–Crippen MR) is 77.7 cm³/mol. The number of rotatable bonds is 0. The second kappa shape index (κ2) is 3.86. The number of phenols is 1. The van der Waals surface area contributed by atoms with E-state index in [1.165, 1.54) is 29.5 Å². The van der Waals surface area contributed by atoms with Crippen LogP contribution in [-0.4, -0.2) is 5.11 Å². The van der Waals surface area contributed by atoms with Gasteiger partial charge in [0.05, 0.1) is 0 Å². The van der Waals surface area contributed by atoms with E-state index in [4.69, 9.17) is 0 Å². The van der Waals surface area contributed by atoms with E-state index in [9.17, 15) is 5.11 Å². The first kappa shape index (κ1) is 11.1. The number of aryl methyl sites for hydroxylation is 1. The standard InChI is InChI=1S/C18H18O/c1-11-2-5-16-14(11)8-9-17-15-7-4-13(19)10-12(15)3-6-18(16)17/h4,7-11,19H,2-3,5-6H2,1H3. The molecule has 0 saturated heterocycles. The van der Waals surface area contributed by atoms with Crippen LogP contribution >= 0.6 is 0 Å². The van der Waals surface area contributed by atoms with Crippen molar-refractivity contribution in [3.05, 3.63) is 52.6 Å². The summed E-state index contributed by atoms with van der Waals surface area (Å²) in [6.45, 7) is 2.34. The lowest BCUT2D eigenvalue weighted by atomic mass is 9.82. The van der Waals surface area contributed by atoms with Crippen LogP contribution in [0.3, 0.4) is 0 Å². The number of phenolic OH excluding ortho intramolecular Hbond substituents is 1. The second-order valence-electron chi connectivity index (χ2n) is 5.94. The summed E-state index contributed by atoms with van der Waals surface area (Å²) in [5, 5.41) is 9.63. The molecule has 0 fully saturated rings. The van der Waals surface area contributed by atoms with Crippen molar-refractivity contribution in [2.75, 3.05) is 0 Å². The highest BCUT2D eigenvalue weighted by molar-refractivity contribution is 5.76. The molecule has 0 radical (unpaired) electrons. The van der Waals surface area contributed by atoms with Crippen LogP contribution in [0.4, 0.5) is 0 Å². The van der Waals surface area contributed by atoms with Crippen molar-refractivity contribution >= 4 is 0 Å². The molecule has 0 bridgehead atoms. The molecule has 0 heterocycles. The van der Waals surface area contributed by atoms with Gasteiger partial charge in [-0.05, 0) is 77.1 Å². The van der Waals surface area contributed by atoms with Crippen molar-refractivity contribution in [3.8, 4) is 16.9 Å². The molecule has 1 N–H and O–H groups in total. The third-order valence-electron chi connectivity index (χ3n) is 4.85. The lowest BCUT2D eigenvalue weighted by Crippen LogP contribution is -2.07. The Bertz CT molecular complexity index is 670. The van der Waals surface area contributed by atoms with Gasteiger partial charge in [0.15, 0.2) is 0 Å². The van der Waals surface area contributed by atoms with E-state index in [1.54, 1.807) is 16.7 Å². The summed E-state index contributed by atoms with van der Waals surface area (Å²) >= 11 is 0. The van der Waals surface area contributed by atoms with Crippen molar-refractivity contribution < 1.29 is 5.11 Å². The largest absolute Gasteiger partial charge is 0.508 e. The van der Waals surface area contributed by atoms with Gasteiger partial charge in [-0.15, -0.1) is 0 Å². The van der Waals surface area contributed by atoms with Crippen LogP contribution < -0.4 is 0 Å². The van der Waals surface area contributed by atoms with Crippen molar-refractivity contribution in [2.45, 2.75) is 38.5 Å². The van der Waals surface area contributed by atoms with Gasteiger partial charge < -0.3 is 5.11 Å².